The first-order valence-corrected chi connectivity index (χ1v) is 10.8. The highest BCUT2D eigenvalue weighted by atomic mass is 16.5. The van der Waals surface area contributed by atoms with Crippen molar-refractivity contribution >= 4 is 29.4 Å². The van der Waals surface area contributed by atoms with E-state index in [2.05, 4.69) is 15.4 Å². The standard InChI is InChI=1S/C23H28N2O6/c1-30-21(28)17-3-2-4-18(8-17)25-19(26)13-31-20(27)12-24-22(29)23-9-14-5-15(10-23)7-16(6-14)11-23/h2-4,8,14-16H,5-7,9-13H2,1H3,(H,24,29)(H,25,26). The van der Waals surface area contributed by atoms with Crippen LogP contribution in [0.25, 0.3) is 0 Å². The molecule has 1 aromatic carbocycles. The summed E-state index contributed by atoms with van der Waals surface area (Å²) >= 11 is 0. The Morgan fingerprint density at radius 1 is 1.03 bits per heavy atom. The van der Waals surface area contributed by atoms with Crippen LogP contribution in [0.5, 0.6) is 0 Å². The molecule has 0 unspecified atom stereocenters. The average Bonchev–Trinajstić information content (AvgIpc) is 2.74. The molecule has 166 valence electrons. The lowest BCUT2D eigenvalue weighted by Crippen LogP contribution is -2.54. The van der Waals surface area contributed by atoms with E-state index >= 15 is 0 Å². The summed E-state index contributed by atoms with van der Waals surface area (Å²) in [6.07, 6.45) is 6.50. The van der Waals surface area contributed by atoms with Crippen molar-refractivity contribution in [3.05, 3.63) is 29.8 Å². The lowest BCUT2D eigenvalue weighted by molar-refractivity contribution is -0.152. The Bertz CT molecular complexity index is 861. The molecule has 0 spiro atoms. The fraction of sp³-hybridized carbons (Fsp3) is 0.565. The number of carbonyl (C=O) groups excluding carboxylic acids is 4. The van der Waals surface area contributed by atoms with Gasteiger partial charge in [-0.05, 0) is 74.5 Å². The Labute approximate surface area is 181 Å². The fourth-order valence-corrected chi connectivity index (χ4v) is 5.96. The second kappa shape index (κ2) is 8.69. The van der Waals surface area contributed by atoms with Crippen molar-refractivity contribution in [1.29, 1.82) is 0 Å². The maximum Gasteiger partial charge on any atom is 0.337 e. The monoisotopic (exact) mass is 428 g/mol. The molecule has 0 aromatic heterocycles. The van der Waals surface area contributed by atoms with E-state index in [9.17, 15) is 19.2 Å². The van der Waals surface area contributed by atoms with Gasteiger partial charge in [0, 0.05) is 11.1 Å². The number of amides is 2. The van der Waals surface area contributed by atoms with Crippen molar-refractivity contribution in [2.24, 2.45) is 23.2 Å². The maximum atomic E-state index is 12.9. The van der Waals surface area contributed by atoms with Crippen LogP contribution >= 0.6 is 0 Å². The molecule has 1 aromatic rings. The number of benzene rings is 1. The van der Waals surface area contributed by atoms with Crippen molar-refractivity contribution < 1.29 is 28.7 Å². The number of rotatable bonds is 7. The third kappa shape index (κ3) is 4.73. The first-order valence-electron chi connectivity index (χ1n) is 10.8. The highest BCUT2D eigenvalue weighted by Gasteiger charge is 2.54. The minimum absolute atomic E-state index is 0.0485. The third-order valence-electron chi connectivity index (χ3n) is 6.84. The van der Waals surface area contributed by atoms with E-state index in [1.54, 1.807) is 18.2 Å². The Morgan fingerprint density at radius 3 is 2.29 bits per heavy atom. The van der Waals surface area contributed by atoms with E-state index in [1.165, 1.54) is 32.4 Å². The van der Waals surface area contributed by atoms with E-state index in [-0.39, 0.29) is 17.9 Å². The summed E-state index contributed by atoms with van der Waals surface area (Å²) in [6.45, 7) is -0.722. The molecule has 0 radical (unpaired) electrons. The summed E-state index contributed by atoms with van der Waals surface area (Å²) in [6, 6.07) is 6.25. The molecule has 8 heteroatoms. The number of hydrogen-bond donors (Lipinski definition) is 2. The number of ether oxygens (including phenoxy) is 2. The summed E-state index contributed by atoms with van der Waals surface area (Å²) < 4.78 is 9.63. The summed E-state index contributed by atoms with van der Waals surface area (Å²) in [5.74, 6) is 0.172. The van der Waals surface area contributed by atoms with E-state index in [4.69, 9.17) is 4.74 Å². The maximum absolute atomic E-state index is 12.9. The van der Waals surface area contributed by atoms with Crippen LogP contribution in [0.1, 0.15) is 48.9 Å². The normalized spacial score (nSPS) is 28.0. The summed E-state index contributed by atoms with van der Waals surface area (Å²) in [5, 5.41) is 5.30. The van der Waals surface area contributed by atoms with Crippen molar-refractivity contribution in [3.63, 3.8) is 0 Å². The van der Waals surface area contributed by atoms with Crippen LogP contribution in [0.15, 0.2) is 24.3 Å². The summed E-state index contributed by atoms with van der Waals surface area (Å²) in [7, 11) is 1.27. The first kappa shape index (κ1) is 21.3. The van der Waals surface area contributed by atoms with E-state index in [1.807, 2.05) is 0 Å². The topological polar surface area (TPSA) is 111 Å². The van der Waals surface area contributed by atoms with Gasteiger partial charge in [-0.25, -0.2) is 4.79 Å². The van der Waals surface area contributed by atoms with Crippen LogP contribution in [0.4, 0.5) is 5.69 Å². The molecule has 0 aliphatic heterocycles. The van der Waals surface area contributed by atoms with Gasteiger partial charge in [0.25, 0.3) is 5.91 Å². The van der Waals surface area contributed by atoms with E-state index in [0.29, 0.717) is 29.0 Å². The molecular weight excluding hydrogens is 400 g/mol. The van der Waals surface area contributed by atoms with Gasteiger partial charge in [0.05, 0.1) is 12.7 Å². The third-order valence-corrected chi connectivity index (χ3v) is 6.84. The molecule has 0 saturated heterocycles. The number of esters is 2. The van der Waals surface area contributed by atoms with Crippen LogP contribution in [-0.2, 0) is 23.9 Å². The minimum atomic E-state index is -0.656. The molecule has 4 aliphatic rings. The molecule has 4 aliphatic carbocycles. The molecule has 0 atom stereocenters. The summed E-state index contributed by atoms with van der Waals surface area (Å²) in [5.41, 5.74) is 0.362. The molecule has 2 amide bonds. The van der Waals surface area contributed by atoms with Gasteiger partial charge >= 0.3 is 11.9 Å². The van der Waals surface area contributed by atoms with Gasteiger partial charge in [0.15, 0.2) is 6.61 Å². The zero-order valence-corrected chi connectivity index (χ0v) is 17.6. The molecule has 5 rings (SSSR count). The number of anilines is 1. The van der Waals surface area contributed by atoms with Crippen LogP contribution < -0.4 is 10.6 Å². The van der Waals surface area contributed by atoms with Gasteiger partial charge in [-0.2, -0.15) is 0 Å². The van der Waals surface area contributed by atoms with Crippen LogP contribution in [0.3, 0.4) is 0 Å². The molecular formula is C23H28N2O6. The van der Waals surface area contributed by atoms with E-state index in [0.717, 1.165) is 19.3 Å². The molecule has 4 saturated carbocycles. The molecule has 2 N–H and O–H groups in total. The molecule has 31 heavy (non-hydrogen) atoms. The lowest BCUT2D eigenvalue weighted by Gasteiger charge is -2.55. The Hall–Kier alpha value is -2.90. The predicted molar refractivity (Wildman–Crippen MR) is 111 cm³/mol. The fourth-order valence-electron chi connectivity index (χ4n) is 5.96. The van der Waals surface area contributed by atoms with Gasteiger partial charge in [0.1, 0.15) is 6.54 Å². The largest absolute Gasteiger partial charge is 0.465 e. The Kier molecular flexibility index (Phi) is 5.98. The van der Waals surface area contributed by atoms with Gasteiger partial charge in [-0.1, -0.05) is 6.07 Å². The van der Waals surface area contributed by atoms with Crippen molar-refractivity contribution in [3.8, 4) is 0 Å². The predicted octanol–water partition coefficient (Wildman–Crippen LogP) is 2.29. The number of hydrogen-bond acceptors (Lipinski definition) is 6. The Morgan fingerprint density at radius 2 is 1.68 bits per heavy atom. The Balaban J connectivity index is 1.21. The first-order chi connectivity index (χ1) is 14.9. The van der Waals surface area contributed by atoms with Crippen LogP contribution in [0.2, 0.25) is 0 Å². The van der Waals surface area contributed by atoms with Gasteiger partial charge in [-0.15, -0.1) is 0 Å². The van der Waals surface area contributed by atoms with Gasteiger partial charge < -0.3 is 20.1 Å². The second-order valence-electron chi connectivity index (χ2n) is 9.16. The molecule has 4 bridgehead atoms. The zero-order valence-electron chi connectivity index (χ0n) is 17.6. The second-order valence-corrected chi connectivity index (χ2v) is 9.16. The minimum Gasteiger partial charge on any atom is -0.465 e. The lowest BCUT2D eigenvalue weighted by atomic mass is 9.49. The SMILES string of the molecule is COC(=O)c1cccc(NC(=O)COC(=O)CNC(=O)C23CC4CC(CC(C4)C2)C3)c1. The number of nitrogens with one attached hydrogen (secondary N) is 2. The molecule has 8 nitrogen and oxygen atoms in total. The van der Waals surface area contributed by atoms with Crippen molar-refractivity contribution in [1.82, 2.24) is 5.32 Å². The molecule has 4 fully saturated rings. The smallest absolute Gasteiger partial charge is 0.337 e. The molecule has 0 heterocycles. The van der Waals surface area contributed by atoms with Gasteiger partial charge in [-0.3, -0.25) is 14.4 Å². The highest BCUT2D eigenvalue weighted by Crippen LogP contribution is 2.60. The zero-order chi connectivity index (χ0) is 22.0. The van der Waals surface area contributed by atoms with Crippen molar-refractivity contribution in [2.75, 3.05) is 25.6 Å². The average molecular weight is 428 g/mol. The number of methoxy groups -OCH3 is 1. The van der Waals surface area contributed by atoms with Crippen molar-refractivity contribution in [2.45, 2.75) is 38.5 Å². The number of carbonyl (C=O) groups is 4. The highest BCUT2D eigenvalue weighted by molar-refractivity contribution is 5.95. The van der Waals surface area contributed by atoms with E-state index < -0.39 is 24.5 Å². The van der Waals surface area contributed by atoms with Gasteiger partial charge in [0.2, 0.25) is 5.91 Å². The summed E-state index contributed by atoms with van der Waals surface area (Å²) in [4.78, 5) is 48.5. The van der Waals surface area contributed by atoms with Crippen LogP contribution in [-0.4, -0.2) is 44.0 Å². The quantitative estimate of drug-likeness (QED) is 0.645. The van der Waals surface area contributed by atoms with Crippen LogP contribution in [0, 0.1) is 23.2 Å².